The molecular weight excluding hydrogens is 362 g/mol. The van der Waals surface area contributed by atoms with Crippen LogP contribution in [0.2, 0.25) is 0 Å². The number of anilines is 1. The molecule has 144 valence electrons. The van der Waals surface area contributed by atoms with Crippen molar-refractivity contribution in [2.24, 2.45) is 0 Å². The molecule has 6 nitrogen and oxygen atoms in total. The van der Waals surface area contributed by atoms with Crippen LogP contribution in [0.15, 0.2) is 53.4 Å². The van der Waals surface area contributed by atoms with E-state index in [-0.39, 0.29) is 10.8 Å². The fraction of sp³-hybridized carbons (Fsp3) is 0.350. The number of nitrogens with one attached hydrogen (secondary N) is 1. The molecule has 1 saturated heterocycles. The number of sulfonamides is 1. The fourth-order valence-electron chi connectivity index (χ4n) is 3.08. The van der Waals surface area contributed by atoms with Gasteiger partial charge >= 0.3 is 0 Å². The maximum atomic E-state index is 12.8. The zero-order valence-corrected chi connectivity index (χ0v) is 16.5. The highest BCUT2D eigenvalue weighted by molar-refractivity contribution is 7.92. The van der Waals surface area contributed by atoms with E-state index in [1.54, 1.807) is 29.2 Å². The number of hydrogen-bond donors (Lipinski definition) is 1. The first-order valence-electron chi connectivity index (χ1n) is 9.10. The Hall–Kier alpha value is -2.38. The Bertz CT molecular complexity index is 902. The van der Waals surface area contributed by atoms with Gasteiger partial charge in [-0.05, 0) is 43.8 Å². The lowest BCUT2D eigenvalue weighted by Crippen LogP contribution is -2.48. The Labute approximate surface area is 160 Å². The van der Waals surface area contributed by atoms with Gasteiger partial charge in [-0.1, -0.05) is 30.7 Å². The lowest BCUT2D eigenvalue weighted by molar-refractivity contribution is 0.0643. The Morgan fingerprint density at radius 1 is 1.04 bits per heavy atom. The zero-order valence-electron chi connectivity index (χ0n) is 15.7. The van der Waals surface area contributed by atoms with E-state index in [4.69, 9.17) is 0 Å². The zero-order chi connectivity index (χ0) is 19.4. The molecule has 0 saturated carbocycles. The minimum atomic E-state index is -3.75. The molecule has 0 unspecified atom stereocenters. The van der Waals surface area contributed by atoms with Crippen LogP contribution in [0, 0.1) is 6.92 Å². The number of amides is 1. The number of aryl methyl sites for hydroxylation is 1. The van der Waals surface area contributed by atoms with Gasteiger partial charge in [0.15, 0.2) is 0 Å². The van der Waals surface area contributed by atoms with Crippen molar-refractivity contribution < 1.29 is 13.2 Å². The number of rotatable bonds is 5. The number of likely N-dealkylation sites (N-methyl/N-ethyl adjacent to an activating group) is 1. The summed E-state index contributed by atoms with van der Waals surface area (Å²) in [6, 6.07) is 13.3. The van der Waals surface area contributed by atoms with Gasteiger partial charge in [0.05, 0.1) is 4.90 Å². The van der Waals surface area contributed by atoms with Crippen molar-refractivity contribution in [1.29, 1.82) is 0 Å². The summed E-state index contributed by atoms with van der Waals surface area (Å²) in [5, 5.41) is 0. The lowest BCUT2D eigenvalue weighted by Gasteiger charge is -2.34. The van der Waals surface area contributed by atoms with Crippen LogP contribution >= 0.6 is 0 Å². The van der Waals surface area contributed by atoms with E-state index in [2.05, 4.69) is 16.5 Å². The highest BCUT2D eigenvalue weighted by Crippen LogP contribution is 2.19. The molecule has 0 spiro atoms. The Morgan fingerprint density at radius 3 is 2.33 bits per heavy atom. The first-order chi connectivity index (χ1) is 12.9. The summed E-state index contributed by atoms with van der Waals surface area (Å²) < 4.78 is 27.9. The van der Waals surface area contributed by atoms with E-state index in [9.17, 15) is 13.2 Å². The molecule has 27 heavy (non-hydrogen) atoms. The van der Waals surface area contributed by atoms with E-state index in [0.29, 0.717) is 24.3 Å². The summed E-state index contributed by atoms with van der Waals surface area (Å²) in [6.45, 7) is 8.02. The van der Waals surface area contributed by atoms with Gasteiger partial charge in [-0.25, -0.2) is 8.42 Å². The van der Waals surface area contributed by atoms with Gasteiger partial charge in [-0.15, -0.1) is 0 Å². The first kappa shape index (κ1) is 19.4. The van der Waals surface area contributed by atoms with Crippen molar-refractivity contribution in [1.82, 2.24) is 9.80 Å². The highest BCUT2D eigenvalue weighted by Gasteiger charge is 2.23. The van der Waals surface area contributed by atoms with Gasteiger partial charge in [0.1, 0.15) is 0 Å². The topological polar surface area (TPSA) is 69.7 Å². The summed E-state index contributed by atoms with van der Waals surface area (Å²) in [6.07, 6.45) is 0. The third-order valence-electron chi connectivity index (χ3n) is 4.80. The van der Waals surface area contributed by atoms with Gasteiger partial charge in [-0.2, -0.15) is 0 Å². The molecule has 1 aliphatic heterocycles. The van der Waals surface area contributed by atoms with Crippen LogP contribution in [-0.4, -0.2) is 56.8 Å². The molecular formula is C20H25N3O3S. The van der Waals surface area contributed by atoms with Crippen LogP contribution in [0.5, 0.6) is 0 Å². The summed E-state index contributed by atoms with van der Waals surface area (Å²) >= 11 is 0. The quantitative estimate of drug-likeness (QED) is 0.856. The van der Waals surface area contributed by atoms with Crippen LogP contribution in [0.3, 0.4) is 0 Å². The molecule has 0 bridgehead atoms. The van der Waals surface area contributed by atoms with Gasteiger partial charge in [0.25, 0.3) is 15.9 Å². The monoisotopic (exact) mass is 387 g/mol. The minimum Gasteiger partial charge on any atom is -0.336 e. The molecule has 2 aromatic rings. The maximum Gasteiger partial charge on any atom is 0.261 e. The average Bonchev–Trinajstić information content (AvgIpc) is 2.69. The first-order valence-corrected chi connectivity index (χ1v) is 10.6. The Kier molecular flexibility index (Phi) is 5.82. The third-order valence-corrected chi connectivity index (χ3v) is 6.18. The summed E-state index contributed by atoms with van der Waals surface area (Å²) in [7, 11) is -3.75. The number of piperazine rings is 1. The van der Waals surface area contributed by atoms with Crippen LogP contribution in [0.4, 0.5) is 5.69 Å². The molecule has 7 heteroatoms. The molecule has 1 fully saturated rings. The number of hydrogen-bond acceptors (Lipinski definition) is 4. The van der Waals surface area contributed by atoms with Crippen LogP contribution in [0.1, 0.15) is 22.8 Å². The molecule has 0 radical (unpaired) electrons. The minimum absolute atomic E-state index is 0.0844. The van der Waals surface area contributed by atoms with E-state index in [1.165, 1.54) is 12.1 Å². The number of benzene rings is 2. The predicted octanol–water partition coefficient (Wildman–Crippen LogP) is 2.57. The molecule has 2 aromatic carbocycles. The second-order valence-corrected chi connectivity index (χ2v) is 8.41. The Balaban J connectivity index is 1.76. The van der Waals surface area contributed by atoms with Crippen molar-refractivity contribution in [2.75, 3.05) is 37.4 Å². The van der Waals surface area contributed by atoms with Crippen molar-refractivity contribution in [3.05, 3.63) is 59.7 Å². The second-order valence-electron chi connectivity index (χ2n) is 6.73. The number of carbonyl (C=O) groups excluding carboxylic acids is 1. The van der Waals surface area contributed by atoms with Crippen molar-refractivity contribution in [2.45, 2.75) is 18.7 Å². The van der Waals surface area contributed by atoms with E-state index >= 15 is 0 Å². The molecule has 1 N–H and O–H groups in total. The van der Waals surface area contributed by atoms with E-state index < -0.39 is 10.0 Å². The molecule has 0 aromatic heterocycles. The summed E-state index contributed by atoms with van der Waals surface area (Å²) in [5.41, 5.74) is 1.94. The van der Waals surface area contributed by atoms with Gasteiger partial charge < -0.3 is 9.80 Å². The summed E-state index contributed by atoms with van der Waals surface area (Å²) in [4.78, 5) is 16.9. The van der Waals surface area contributed by atoms with Crippen LogP contribution in [-0.2, 0) is 10.0 Å². The molecule has 3 rings (SSSR count). The SMILES string of the molecule is CCN1CCN(C(=O)c2cccc(S(=O)(=O)Nc3ccc(C)cc3)c2)CC1. The normalized spacial score (nSPS) is 15.6. The third kappa shape index (κ3) is 4.67. The predicted molar refractivity (Wildman–Crippen MR) is 106 cm³/mol. The van der Waals surface area contributed by atoms with E-state index in [1.807, 2.05) is 19.1 Å². The Morgan fingerprint density at radius 2 is 1.70 bits per heavy atom. The van der Waals surface area contributed by atoms with Crippen molar-refractivity contribution in [3.8, 4) is 0 Å². The molecule has 1 aliphatic rings. The smallest absolute Gasteiger partial charge is 0.261 e. The van der Waals surface area contributed by atoms with Crippen molar-refractivity contribution in [3.63, 3.8) is 0 Å². The fourth-order valence-corrected chi connectivity index (χ4v) is 4.19. The average molecular weight is 388 g/mol. The van der Waals surface area contributed by atoms with Crippen LogP contribution in [0.25, 0.3) is 0 Å². The second kappa shape index (κ2) is 8.10. The maximum absolute atomic E-state index is 12.8. The standard InChI is InChI=1S/C20H25N3O3S/c1-3-22-11-13-23(14-12-22)20(24)17-5-4-6-19(15-17)27(25,26)21-18-9-7-16(2)8-10-18/h4-10,15,21H,3,11-14H2,1-2H3. The lowest BCUT2D eigenvalue weighted by atomic mass is 10.2. The molecule has 1 amide bonds. The van der Waals surface area contributed by atoms with Crippen molar-refractivity contribution >= 4 is 21.6 Å². The highest BCUT2D eigenvalue weighted by atomic mass is 32.2. The largest absolute Gasteiger partial charge is 0.336 e. The molecule has 0 atom stereocenters. The number of nitrogens with zero attached hydrogens (tertiary/aromatic N) is 2. The molecule has 1 heterocycles. The van der Waals surface area contributed by atoms with Crippen LogP contribution < -0.4 is 4.72 Å². The van der Waals surface area contributed by atoms with Gasteiger partial charge in [-0.3, -0.25) is 9.52 Å². The van der Waals surface area contributed by atoms with Gasteiger partial charge in [0.2, 0.25) is 0 Å². The summed E-state index contributed by atoms with van der Waals surface area (Å²) in [5.74, 6) is -0.127. The molecule has 0 aliphatic carbocycles. The van der Waals surface area contributed by atoms with E-state index in [0.717, 1.165) is 25.2 Å². The van der Waals surface area contributed by atoms with Gasteiger partial charge in [0, 0.05) is 37.4 Å². The number of carbonyl (C=O) groups is 1.